The van der Waals surface area contributed by atoms with Crippen LogP contribution in [-0.4, -0.2) is 24.5 Å². The van der Waals surface area contributed by atoms with Crippen LogP contribution in [0.5, 0.6) is 0 Å². The van der Waals surface area contributed by atoms with Crippen molar-refractivity contribution >= 4 is 15.9 Å². The Labute approximate surface area is 133 Å². The second kappa shape index (κ2) is 6.69. The maximum Gasteiger partial charge on any atom is 0.137 e. The smallest absolute Gasteiger partial charge is 0.137 e. The third kappa shape index (κ3) is 3.34. The minimum Gasteiger partial charge on any atom is -0.314 e. The van der Waals surface area contributed by atoms with E-state index in [1.807, 2.05) is 12.1 Å². The average Bonchev–Trinajstić information content (AvgIpc) is 2.53. The molecule has 0 bridgehead atoms. The van der Waals surface area contributed by atoms with Crippen LogP contribution in [0.2, 0.25) is 0 Å². The first-order chi connectivity index (χ1) is 10.3. The molecular formula is C17H18BrFN2. The van der Waals surface area contributed by atoms with Crippen molar-refractivity contribution in [3.05, 3.63) is 69.9 Å². The fraction of sp³-hybridized carbons (Fsp3) is 0.294. The summed E-state index contributed by atoms with van der Waals surface area (Å²) < 4.78 is 14.3. The van der Waals surface area contributed by atoms with Gasteiger partial charge in [-0.05, 0) is 33.1 Å². The predicted octanol–water partition coefficient (Wildman–Crippen LogP) is 3.73. The molecule has 1 atom stereocenters. The van der Waals surface area contributed by atoms with Crippen molar-refractivity contribution in [1.29, 1.82) is 0 Å². The molecule has 1 aliphatic heterocycles. The predicted molar refractivity (Wildman–Crippen MR) is 86.6 cm³/mol. The number of nitrogens with one attached hydrogen (secondary N) is 1. The Balaban J connectivity index is 1.83. The Bertz CT molecular complexity index is 603. The number of piperazine rings is 1. The quantitative estimate of drug-likeness (QED) is 0.908. The van der Waals surface area contributed by atoms with Gasteiger partial charge in [0.2, 0.25) is 0 Å². The molecule has 21 heavy (non-hydrogen) atoms. The number of halogens is 2. The standard InChI is InChI=1S/C17H18BrFN2/c18-17-14(7-4-8-15(17)19)12-21-10-9-20-11-16(21)13-5-2-1-3-6-13/h1-8,16,20H,9-12H2. The maximum atomic E-state index is 13.7. The van der Waals surface area contributed by atoms with E-state index < -0.39 is 0 Å². The summed E-state index contributed by atoms with van der Waals surface area (Å²) in [6.45, 7) is 3.61. The van der Waals surface area contributed by atoms with Crippen LogP contribution in [0.4, 0.5) is 4.39 Å². The molecular weight excluding hydrogens is 331 g/mol. The lowest BCUT2D eigenvalue weighted by molar-refractivity contribution is 0.153. The first-order valence-electron chi connectivity index (χ1n) is 7.18. The van der Waals surface area contributed by atoms with Gasteiger partial charge in [-0.1, -0.05) is 42.5 Å². The van der Waals surface area contributed by atoms with E-state index in [1.165, 1.54) is 11.6 Å². The zero-order valence-corrected chi connectivity index (χ0v) is 13.3. The molecule has 2 aromatic carbocycles. The molecule has 1 fully saturated rings. The minimum atomic E-state index is -0.195. The van der Waals surface area contributed by atoms with Crippen LogP contribution in [0, 0.1) is 5.82 Å². The molecule has 0 saturated carbocycles. The molecule has 0 amide bonds. The summed E-state index contributed by atoms with van der Waals surface area (Å²) >= 11 is 3.37. The van der Waals surface area contributed by atoms with E-state index in [0.717, 1.165) is 31.7 Å². The van der Waals surface area contributed by atoms with Crippen molar-refractivity contribution in [2.24, 2.45) is 0 Å². The van der Waals surface area contributed by atoms with Crippen LogP contribution in [0.15, 0.2) is 53.0 Å². The molecule has 0 spiro atoms. The minimum absolute atomic E-state index is 0.195. The molecule has 1 saturated heterocycles. The zero-order valence-electron chi connectivity index (χ0n) is 11.7. The van der Waals surface area contributed by atoms with Crippen molar-refractivity contribution in [1.82, 2.24) is 10.2 Å². The average molecular weight is 349 g/mol. The number of hydrogen-bond donors (Lipinski definition) is 1. The van der Waals surface area contributed by atoms with Gasteiger partial charge in [0.25, 0.3) is 0 Å². The normalized spacial score (nSPS) is 19.6. The van der Waals surface area contributed by atoms with E-state index in [4.69, 9.17) is 0 Å². The topological polar surface area (TPSA) is 15.3 Å². The number of benzene rings is 2. The fourth-order valence-electron chi connectivity index (χ4n) is 2.83. The van der Waals surface area contributed by atoms with Crippen molar-refractivity contribution in [2.75, 3.05) is 19.6 Å². The second-order valence-electron chi connectivity index (χ2n) is 5.31. The molecule has 1 heterocycles. The van der Waals surface area contributed by atoms with Gasteiger partial charge in [-0.2, -0.15) is 0 Å². The lowest BCUT2D eigenvalue weighted by Crippen LogP contribution is -2.45. The number of hydrogen-bond acceptors (Lipinski definition) is 2. The van der Waals surface area contributed by atoms with Crippen LogP contribution in [0.25, 0.3) is 0 Å². The molecule has 0 aliphatic carbocycles. The molecule has 1 N–H and O–H groups in total. The molecule has 2 nitrogen and oxygen atoms in total. The van der Waals surface area contributed by atoms with Crippen molar-refractivity contribution < 1.29 is 4.39 Å². The number of rotatable bonds is 3. The van der Waals surface area contributed by atoms with Gasteiger partial charge in [0.15, 0.2) is 0 Å². The van der Waals surface area contributed by atoms with Crippen molar-refractivity contribution in [2.45, 2.75) is 12.6 Å². The first-order valence-corrected chi connectivity index (χ1v) is 7.97. The molecule has 0 radical (unpaired) electrons. The van der Waals surface area contributed by atoms with Crippen molar-refractivity contribution in [3.8, 4) is 0 Å². The summed E-state index contributed by atoms with van der Waals surface area (Å²) in [5.41, 5.74) is 2.30. The molecule has 110 valence electrons. The van der Waals surface area contributed by atoms with Crippen LogP contribution in [0.3, 0.4) is 0 Å². The summed E-state index contributed by atoms with van der Waals surface area (Å²) in [5, 5.41) is 3.45. The summed E-state index contributed by atoms with van der Waals surface area (Å²) in [4.78, 5) is 2.41. The van der Waals surface area contributed by atoms with Gasteiger partial charge >= 0.3 is 0 Å². The molecule has 0 aromatic heterocycles. The Morgan fingerprint density at radius 1 is 1.14 bits per heavy atom. The summed E-state index contributed by atoms with van der Waals surface area (Å²) in [6.07, 6.45) is 0. The maximum absolute atomic E-state index is 13.7. The van der Waals surface area contributed by atoms with E-state index in [0.29, 0.717) is 10.5 Å². The Morgan fingerprint density at radius 2 is 1.95 bits per heavy atom. The summed E-state index contributed by atoms with van der Waals surface area (Å²) in [6, 6.07) is 16.1. The van der Waals surface area contributed by atoms with Gasteiger partial charge < -0.3 is 5.32 Å². The van der Waals surface area contributed by atoms with E-state index in [1.54, 1.807) is 6.07 Å². The van der Waals surface area contributed by atoms with E-state index in [2.05, 4.69) is 50.4 Å². The number of nitrogens with zero attached hydrogens (tertiary/aromatic N) is 1. The summed E-state index contributed by atoms with van der Waals surface area (Å²) in [7, 11) is 0. The lowest BCUT2D eigenvalue weighted by atomic mass is 10.0. The highest BCUT2D eigenvalue weighted by atomic mass is 79.9. The van der Waals surface area contributed by atoms with Crippen molar-refractivity contribution in [3.63, 3.8) is 0 Å². The summed E-state index contributed by atoms with van der Waals surface area (Å²) in [5.74, 6) is -0.195. The molecule has 4 heteroatoms. The van der Waals surface area contributed by atoms with Gasteiger partial charge in [0.1, 0.15) is 5.82 Å². The third-order valence-corrected chi connectivity index (χ3v) is 4.83. The monoisotopic (exact) mass is 348 g/mol. The van der Waals surface area contributed by atoms with Gasteiger partial charge in [-0.3, -0.25) is 4.90 Å². The van der Waals surface area contributed by atoms with E-state index >= 15 is 0 Å². The van der Waals surface area contributed by atoms with Gasteiger partial charge in [0, 0.05) is 32.2 Å². The second-order valence-corrected chi connectivity index (χ2v) is 6.11. The van der Waals surface area contributed by atoms with Gasteiger partial charge in [0.05, 0.1) is 4.47 Å². The lowest BCUT2D eigenvalue weighted by Gasteiger charge is -2.36. The Morgan fingerprint density at radius 3 is 2.76 bits per heavy atom. The van der Waals surface area contributed by atoms with Gasteiger partial charge in [-0.25, -0.2) is 4.39 Å². The molecule has 1 unspecified atom stereocenters. The fourth-order valence-corrected chi connectivity index (χ4v) is 3.22. The van der Waals surface area contributed by atoms with Crippen LogP contribution in [0.1, 0.15) is 17.2 Å². The van der Waals surface area contributed by atoms with Crippen LogP contribution < -0.4 is 5.32 Å². The van der Waals surface area contributed by atoms with E-state index in [9.17, 15) is 4.39 Å². The Hall–Kier alpha value is -1.23. The highest BCUT2D eigenvalue weighted by molar-refractivity contribution is 9.10. The molecule has 3 rings (SSSR count). The van der Waals surface area contributed by atoms with E-state index in [-0.39, 0.29) is 5.82 Å². The SMILES string of the molecule is Fc1cccc(CN2CCNCC2c2ccccc2)c1Br. The largest absolute Gasteiger partial charge is 0.314 e. The first kappa shape index (κ1) is 14.7. The highest BCUT2D eigenvalue weighted by Gasteiger charge is 2.24. The molecule has 1 aliphatic rings. The van der Waals surface area contributed by atoms with Crippen LogP contribution >= 0.6 is 15.9 Å². The van der Waals surface area contributed by atoms with Crippen LogP contribution in [-0.2, 0) is 6.54 Å². The van der Waals surface area contributed by atoms with Gasteiger partial charge in [-0.15, -0.1) is 0 Å². The third-order valence-electron chi connectivity index (χ3n) is 3.94. The molecule has 2 aromatic rings. The zero-order chi connectivity index (χ0) is 14.7. The highest BCUT2D eigenvalue weighted by Crippen LogP contribution is 2.27. The Kier molecular flexibility index (Phi) is 4.68.